The summed E-state index contributed by atoms with van der Waals surface area (Å²) in [6.45, 7) is 3.65. The molecule has 5 heteroatoms. The lowest BCUT2D eigenvalue weighted by Crippen LogP contribution is -1.95. The van der Waals surface area contributed by atoms with Gasteiger partial charge in [0, 0.05) is 17.6 Å². The molecule has 0 unspecified atom stereocenters. The highest BCUT2D eigenvalue weighted by Crippen LogP contribution is 2.33. The van der Waals surface area contributed by atoms with E-state index in [2.05, 4.69) is 5.10 Å². The van der Waals surface area contributed by atoms with Crippen LogP contribution in [0.4, 0.5) is 0 Å². The van der Waals surface area contributed by atoms with Crippen LogP contribution in [-0.4, -0.2) is 14.9 Å². The highest BCUT2D eigenvalue weighted by atomic mass is 35.5. The zero-order valence-electron chi connectivity index (χ0n) is 10.6. The van der Waals surface area contributed by atoms with Gasteiger partial charge in [-0.05, 0) is 26.0 Å². The molecule has 2 rings (SSSR count). The molecule has 2 aromatic rings. The number of aliphatic hydroxyl groups excluding tert-OH is 1. The van der Waals surface area contributed by atoms with Gasteiger partial charge in [-0.25, -0.2) is 0 Å². The summed E-state index contributed by atoms with van der Waals surface area (Å²) in [6.07, 6.45) is 0. The van der Waals surface area contributed by atoms with E-state index in [4.69, 9.17) is 16.3 Å². The standard InChI is InChI=1S/C13H15ClN2O2/c1-8-13(9(2)16(3)15-8)18-12-6-4-5-11(14)10(12)7-17/h4-6,17H,7H2,1-3H3. The lowest BCUT2D eigenvalue weighted by molar-refractivity contribution is 0.276. The molecule has 4 nitrogen and oxygen atoms in total. The molecule has 1 aromatic carbocycles. The Morgan fingerprint density at radius 3 is 2.67 bits per heavy atom. The highest BCUT2D eigenvalue weighted by molar-refractivity contribution is 6.31. The van der Waals surface area contributed by atoms with E-state index in [-0.39, 0.29) is 6.61 Å². The second kappa shape index (κ2) is 5.00. The minimum absolute atomic E-state index is 0.159. The zero-order chi connectivity index (χ0) is 13.3. The van der Waals surface area contributed by atoms with Crippen molar-refractivity contribution in [3.8, 4) is 11.5 Å². The molecule has 0 saturated heterocycles. The lowest BCUT2D eigenvalue weighted by Gasteiger charge is -2.11. The van der Waals surface area contributed by atoms with Gasteiger partial charge in [-0.2, -0.15) is 5.10 Å². The smallest absolute Gasteiger partial charge is 0.171 e. The van der Waals surface area contributed by atoms with E-state index in [1.165, 1.54) is 0 Å². The number of ether oxygens (including phenoxy) is 1. The van der Waals surface area contributed by atoms with Gasteiger partial charge in [0.05, 0.1) is 12.3 Å². The van der Waals surface area contributed by atoms with E-state index in [1.54, 1.807) is 22.9 Å². The van der Waals surface area contributed by atoms with Gasteiger partial charge < -0.3 is 9.84 Å². The van der Waals surface area contributed by atoms with Gasteiger partial charge in [0.1, 0.15) is 11.4 Å². The highest BCUT2D eigenvalue weighted by Gasteiger charge is 2.14. The minimum Gasteiger partial charge on any atom is -0.453 e. The van der Waals surface area contributed by atoms with Crippen molar-refractivity contribution in [2.24, 2.45) is 7.05 Å². The van der Waals surface area contributed by atoms with Crippen molar-refractivity contribution in [2.75, 3.05) is 0 Å². The number of hydrogen-bond donors (Lipinski definition) is 1. The van der Waals surface area contributed by atoms with Crippen molar-refractivity contribution >= 4 is 11.6 Å². The average Bonchev–Trinajstić information content (AvgIpc) is 2.56. The average molecular weight is 267 g/mol. The Kier molecular flexibility index (Phi) is 3.59. The normalized spacial score (nSPS) is 10.7. The molecule has 0 atom stereocenters. The quantitative estimate of drug-likeness (QED) is 0.929. The maximum absolute atomic E-state index is 9.34. The second-order valence-corrected chi connectivity index (χ2v) is 4.51. The third kappa shape index (κ3) is 2.21. The SMILES string of the molecule is Cc1nn(C)c(C)c1Oc1cccc(Cl)c1CO. The minimum atomic E-state index is -0.159. The molecule has 1 aromatic heterocycles. The molecule has 1 N–H and O–H groups in total. The van der Waals surface area contributed by atoms with Crippen LogP contribution < -0.4 is 4.74 Å². The number of rotatable bonds is 3. The Balaban J connectivity index is 2.43. The van der Waals surface area contributed by atoms with Crippen molar-refractivity contribution < 1.29 is 9.84 Å². The first-order valence-electron chi connectivity index (χ1n) is 5.61. The number of aliphatic hydroxyl groups is 1. The Morgan fingerprint density at radius 1 is 1.39 bits per heavy atom. The van der Waals surface area contributed by atoms with Crippen LogP contribution in [0.1, 0.15) is 17.0 Å². The summed E-state index contributed by atoms with van der Waals surface area (Å²) in [5.74, 6) is 1.26. The monoisotopic (exact) mass is 266 g/mol. The van der Waals surface area contributed by atoms with Crippen LogP contribution >= 0.6 is 11.6 Å². The third-order valence-electron chi connectivity index (χ3n) is 2.89. The van der Waals surface area contributed by atoms with Crippen molar-refractivity contribution in [3.05, 3.63) is 40.2 Å². The number of aryl methyl sites for hydroxylation is 2. The van der Waals surface area contributed by atoms with Gasteiger partial charge in [0.15, 0.2) is 5.75 Å². The largest absolute Gasteiger partial charge is 0.453 e. The van der Waals surface area contributed by atoms with Crippen molar-refractivity contribution in [1.82, 2.24) is 9.78 Å². The molecule has 96 valence electrons. The van der Waals surface area contributed by atoms with Gasteiger partial charge in [-0.15, -0.1) is 0 Å². The van der Waals surface area contributed by atoms with Crippen LogP contribution in [0.2, 0.25) is 5.02 Å². The summed E-state index contributed by atoms with van der Waals surface area (Å²) in [5.41, 5.74) is 2.32. The number of benzene rings is 1. The first kappa shape index (κ1) is 12.9. The van der Waals surface area contributed by atoms with Gasteiger partial charge in [-0.3, -0.25) is 4.68 Å². The first-order chi connectivity index (χ1) is 8.54. The van der Waals surface area contributed by atoms with Gasteiger partial charge >= 0.3 is 0 Å². The Labute approximate surface area is 111 Å². The van der Waals surface area contributed by atoms with Crippen LogP contribution in [0.5, 0.6) is 11.5 Å². The molecule has 0 amide bonds. The fourth-order valence-electron chi connectivity index (χ4n) is 1.80. The third-order valence-corrected chi connectivity index (χ3v) is 3.24. The Bertz CT molecular complexity index is 579. The maximum Gasteiger partial charge on any atom is 0.171 e. The molecule has 0 bridgehead atoms. The van der Waals surface area contributed by atoms with E-state index < -0.39 is 0 Å². The Hall–Kier alpha value is -1.52. The fraction of sp³-hybridized carbons (Fsp3) is 0.308. The van der Waals surface area contributed by atoms with E-state index in [1.807, 2.05) is 20.9 Å². The number of nitrogens with zero attached hydrogens (tertiary/aromatic N) is 2. The number of halogens is 1. The van der Waals surface area contributed by atoms with Crippen LogP contribution in [0.3, 0.4) is 0 Å². The molecule has 0 fully saturated rings. The first-order valence-corrected chi connectivity index (χ1v) is 5.98. The second-order valence-electron chi connectivity index (χ2n) is 4.10. The molecule has 0 aliphatic carbocycles. The predicted molar refractivity (Wildman–Crippen MR) is 70.1 cm³/mol. The molecule has 1 heterocycles. The van der Waals surface area contributed by atoms with Crippen molar-refractivity contribution in [2.45, 2.75) is 20.5 Å². The van der Waals surface area contributed by atoms with Crippen molar-refractivity contribution in [1.29, 1.82) is 0 Å². The molecule has 0 spiro atoms. The van der Waals surface area contributed by atoms with Crippen LogP contribution in [-0.2, 0) is 13.7 Å². The van der Waals surface area contributed by atoms with E-state index in [9.17, 15) is 5.11 Å². The molecule has 0 aliphatic rings. The molecule has 0 aliphatic heterocycles. The topological polar surface area (TPSA) is 47.3 Å². The summed E-state index contributed by atoms with van der Waals surface area (Å²) >= 11 is 6.02. The van der Waals surface area contributed by atoms with E-state index in [0.29, 0.717) is 22.1 Å². The van der Waals surface area contributed by atoms with Crippen LogP contribution in [0.25, 0.3) is 0 Å². The van der Waals surface area contributed by atoms with Gasteiger partial charge in [0.2, 0.25) is 0 Å². The van der Waals surface area contributed by atoms with E-state index >= 15 is 0 Å². The molecular formula is C13H15ClN2O2. The Morgan fingerprint density at radius 2 is 2.11 bits per heavy atom. The summed E-state index contributed by atoms with van der Waals surface area (Å²) in [5, 5.41) is 14.1. The molecule has 0 saturated carbocycles. The number of aromatic nitrogens is 2. The maximum atomic E-state index is 9.34. The van der Waals surface area contributed by atoms with Crippen LogP contribution in [0, 0.1) is 13.8 Å². The van der Waals surface area contributed by atoms with Crippen LogP contribution in [0.15, 0.2) is 18.2 Å². The summed E-state index contributed by atoms with van der Waals surface area (Å²) < 4.78 is 7.59. The zero-order valence-corrected chi connectivity index (χ0v) is 11.3. The summed E-state index contributed by atoms with van der Waals surface area (Å²) in [7, 11) is 1.86. The molecule has 18 heavy (non-hydrogen) atoms. The van der Waals surface area contributed by atoms with E-state index in [0.717, 1.165) is 11.4 Å². The predicted octanol–water partition coefficient (Wildman–Crippen LogP) is 2.97. The van der Waals surface area contributed by atoms with Crippen molar-refractivity contribution in [3.63, 3.8) is 0 Å². The lowest BCUT2D eigenvalue weighted by atomic mass is 10.2. The van der Waals surface area contributed by atoms with Gasteiger partial charge in [0.25, 0.3) is 0 Å². The fourth-order valence-corrected chi connectivity index (χ4v) is 2.03. The van der Waals surface area contributed by atoms with Gasteiger partial charge in [-0.1, -0.05) is 17.7 Å². The molecule has 0 radical (unpaired) electrons. The summed E-state index contributed by atoms with van der Waals surface area (Å²) in [4.78, 5) is 0. The molecular weight excluding hydrogens is 252 g/mol. The number of hydrogen-bond acceptors (Lipinski definition) is 3. The summed E-state index contributed by atoms with van der Waals surface area (Å²) in [6, 6.07) is 5.30.